The first-order chi connectivity index (χ1) is 23.3. The molecular formula is C32H30ClN11O4. The molecule has 0 fully saturated rings. The van der Waals surface area contributed by atoms with Gasteiger partial charge in [0.1, 0.15) is 17.8 Å². The highest BCUT2D eigenvalue weighted by Crippen LogP contribution is 2.33. The first-order valence-electron chi connectivity index (χ1n) is 14.8. The van der Waals surface area contributed by atoms with Gasteiger partial charge in [0.15, 0.2) is 0 Å². The van der Waals surface area contributed by atoms with Gasteiger partial charge in [-0.3, -0.25) is 14.9 Å². The van der Waals surface area contributed by atoms with Crippen LogP contribution in [0.4, 0.5) is 16.2 Å². The molecule has 1 aliphatic rings. The van der Waals surface area contributed by atoms with E-state index >= 15 is 0 Å². The molecule has 1 unspecified atom stereocenters. The Kier molecular flexibility index (Phi) is 9.38. The molecular weight excluding hydrogens is 638 g/mol. The maximum absolute atomic E-state index is 13.4. The van der Waals surface area contributed by atoms with E-state index < -0.39 is 18.0 Å². The molecule has 0 saturated carbocycles. The first kappa shape index (κ1) is 31.9. The Morgan fingerprint density at radius 1 is 1.12 bits per heavy atom. The quantitative estimate of drug-likeness (QED) is 0.202. The predicted molar refractivity (Wildman–Crippen MR) is 178 cm³/mol. The Balaban J connectivity index is 1.35. The Hall–Kier alpha value is -6.09. The monoisotopic (exact) mass is 667 g/mol. The third-order valence-electron chi connectivity index (χ3n) is 7.56. The number of fused-ring (bicyclic) bond motifs is 6. The van der Waals surface area contributed by atoms with Crippen molar-refractivity contribution in [1.29, 1.82) is 0 Å². The normalized spacial score (nSPS) is 14.8. The predicted octanol–water partition coefficient (Wildman–Crippen LogP) is 3.57. The molecule has 4 N–H and O–H groups in total. The molecule has 6 rings (SSSR count). The summed E-state index contributed by atoms with van der Waals surface area (Å²) in [5, 5.41) is 20.4. The first-order valence-corrected chi connectivity index (χ1v) is 15.2. The summed E-state index contributed by atoms with van der Waals surface area (Å²) in [5.74, 6) is -0.267. The molecule has 0 spiro atoms. The van der Waals surface area contributed by atoms with E-state index in [-0.39, 0.29) is 18.0 Å². The highest BCUT2D eigenvalue weighted by molar-refractivity contribution is 6.30. The molecule has 0 radical (unpaired) electrons. The number of H-pyrrole nitrogens is 1. The number of aromatic nitrogens is 7. The van der Waals surface area contributed by atoms with Crippen LogP contribution in [0, 0.1) is 0 Å². The van der Waals surface area contributed by atoms with Crippen LogP contribution in [0.2, 0.25) is 5.02 Å². The van der Waals surface area contributed by atoms with Gasteiger partial charge < -0.3 is 25.3 Å². The van der Waals surface area contributed by atoms with Crippen LogP contribution in [-0.2, 0) is 16.0 Å². The largest absolute Gasteiger partial charge is 0.453 e. The summed E-state index contributed by atoms with van der Waals surface area (Å²) in [4.78, 5) is 52.9. The number of tetrazole rings is 1. The number of carbonyl (C=O) groups excluding carboxylic acids is 3. The number of hydrogen-bond donors (Lipinski definition) is 4. The van der Waals surface area contributed by atoms with Crippen LogP contribution in [0.5, 0.6) is 0 Å². The zero-order chi connectivity index (χ0) is 33.6. The molecule has 1 aliphatic heterocycles. The number of ether oxygens (including phenoxy) is 1. The van der Waals surface area contributed by atoms with Crippen molar-refractivity contribution in [3.05, 3.63) is 101 Å². The number of benzene rings is 2. The molecule has 2 aromatic carbocycles. The molecule has 48 heavy (non-hydrogen) atoms. The number of methoxy groups -OCH3 is 1. The lowest BCUT2D eigenvalue weighted by Gasteiger charge is -2.23. The number of aromatic amines is 1. The van der Waals surface area contributed by atoms with Gasteiger partial charge in [0.05, 0.1) is 30.7 Å². The van der Waals surface area contributed by atoms with Gasteiger partial charge in [-0.25, -0.2) is 14.8 Å². The fourth-order valence-corrected chi connectivity index (χ4v) is 5.37. The molecule has 244 valence electrons. The zero-order valence-corrected chi connectivity index (χ0v) is 26.6. The van der Waals surface area contributed by atoms with Gasteiger partial charge in [0.25, 0.3) is 5.91 Å². The number of imidazole rings is 1. The molecule has 4 bridgehead atoms. The van der Waals surface area contributed by atoms with E-state index in [0.717, 1.165) is 11.3 Å². The summed E-state index contributed by atoms with van der Waals surface area (Å²) < 4.78 is 6.22. The molecule has 0 saturated heterocycles. The van der Waals surface area contributed by atoms with Crippen molar-refractivity contribution in [1.82, 2.24) is 45.8 Å². The maximum atomic E-state index is 13.4. The smallest absolute Gasteiger partial charge is 0.411 e. The Labute approximate surface area is 279 Å². The Morgan fingerprint density at radius 3 is 2.81 bits per heavy atom. The maximum Gasteiger partial charge on any atom is 0.411 e. The third-order valence-corrected chi connectivity index (χ3v) is 7.79. The zero-order valence-electron chi connectivity index (χ0n) is 25.8. The second-order valence-corrected chi connectivity index (χ2v) is 11.2. The number of anilines is 2. The van der Waals surface area contributed by atoms with Crippen LogP contribution < -0.4 is 20.9 Å². The number of pyridine rings is 1. The highest BCUT2D eigenvalue weighted by Gasteiger charge is 2.22. The lowest BCUT2D eigenvalue weighted by molar-refractivity contribution is -0.117. The molecule has 5 aromatic rings. The summed E-state index contributed by atoms with van der Waals surface area (Å²) in [7, 11) is 3.17. The van der Waals surface area contributed by atoms with E-state index in [4.69, 9.17) is 16.3 Å². The van der Waals surface area contributed by atoms with Crippen molar-refractivity contribution < 1.29 is 19.1 Å². The van der Waals surface area contributed by atoms with E-state index in [9.17, 15) is 14.4 Å². The fraction of sp³-hybridized carbons (Fsp3) is 0.188. The summed E-state index contributed by atoms with van der Waals surface area (Å²) in [6.07, 6.45) is 5.76. The standard InChI is InChI=1S/C32H30ClN11O4/c1-43-13-12-34-31(46)24-5-3-4-21(37-24)15-25(30-35-17-26(40-30)23-9-8-22(16-28(23)43)38-32(47)48-2)39-29(45)11-6-19-14-20(33)7-10-27(19)44-18-36-41-42-44/h3-11,14,16-18,25H,12-13,15H2,1-2H3,(H,34,46)(H,35,40)(H,38,47)(H,39,45)/b11-6+. The van der Waals surface area contributed by atoms with Crippen LogP contribution in [0.1, 0.15) is 33.6 Å². The van der Waals surface area contributed by atoms with Gasteiger partial charge in [0, 0.05) is 65.9 Å². The molecule has 1 atom stereocenters. The van der Waals surface area contributed by atoms with Gasteiger partial charge in [-0.2, -0.15) is 4.68 Å². The van der Waals surface area contributed by atoms with Crippen molar-refractivity contribution in [3.63, 3.8) is 0 Å². The van der Waals surface area contributed by atoms with Crippen molar-refractivity contribution in [2.24, 2.45) is 0 Å². The van der Waals surface area contributed by atoms with E-state index in [2.05, 4.69) is 46.4 Å². The molecule has 16 heteroatoms. The van der Waals surface area contributed by atoms with Crippen molar-refractivity contribution in [2.75, 3.05) is 37.5 Å². The summed E-state index contributed by atoms with van der Waals surface area (Å²) in [6.45, 7) is 0.782. The van der Waals surface area contributed by atoms with Crippen LogP contribution in [0.25, 0.3) is 23.0 Å². The molecule has 15 nitrogen and oxygen atoms in total. The minimum Gasteiger partial charge on any atom is -0.453 e. The summed E-state index contributed by atoms with van der Waals surface area (Å²) in [6, 6.07) is 15.1. The van der Waals surface area contributed by atoms with Crippen LogP contribution in [0.15, 0.2) is 73.2 Å². The van der Waals surface area contributed by atoms with Gasteiger partial charge in [-0.05, 0) is 65.0 Å². The Bertz CT molecular complexity index is 1990. The summed E-state index contributed by atoms with van der Waals surface area (Å²) in [5.41, 5.74) is 4.82. The number of halogens is 1. The number of rotatable bonds is 5. The van der Waals surface area contributed by atoms with Crippen LogP contribution >= 0.6 is 11.6 Å². The van der Waals surface area contributed by atoms with Crippen molar-refractivity contribution in [3.8, 4) is 16.9 Å². The average molecular weight is 668 g/mol. The van der Waals surface area contributed by atoms with E-state index in [1.807, 2.05) is 18.0 Å². The van der Waals surface area contributed by atoms with Crippen LogP contribution in [-0.4, -0.2) is 80.3 Å². The number of nitrogens with zero attached hydrogens (tertiary/aromatic N) is 7. The third kappa shape index (κ3) is 7.31. The summed E-state index contributed by atoms with van der Waals surface area (Å²) >= 11 is 6.25. The second kappa shape index (κ2) is 14.1. The molecule has 0 aliphatic carbocycles. The number of nitrogens with one attached hydrogen (secondary N) is 4. The molecule has 3 amide bonds. The van der Waals surface area contributed by atoms with Crippen LogP contribution in [0.3, 0.4) is 0 Å². The van der Waals surface area contributed by atoms with Gasteiger partial charge in [-0.1, -0.05) is 17.7 Å². The minimum absolute atomic E-state index is 0.232. The lowest BCUT2D eigenvalue weighted by atomic mass is 10.1. The highest BCUT2D eigenvalue weighted by atomic mass is 35.5. The SMILES string of the molecule is COC(=O)Nc1ccc2c(c1)N(C)CCNC(=O)c1cccc(n1)CC(NC(=O)/C=C/c1cc(Cl)ccc1-n1cnnn1)c1ncc-2[nH]1. The number of carbonyl (C=O) groups is 3. The molecule has 3 aromatic heterocycles. The van der Waals surface area contributed by atoms with Crippen molar-refractivity contribution >= 4 is 47.0 Å². The second-order valence-electron chi connectivity index (χ2n) is 10.8. The Morgan fingerprint density at radius 2 is 2.00 bits per heavy atom. The minimum atomic E-state index is -0.661. The van der Waals surface area contributed by atoms with Gasteiger partial charge >= 0.3 is 6.09 Å². The molecule has 4 heterocycles. The number of hydrogen-bond acceptors (Lipinski definition) is 10. The number of amides is 3. The van der Waals surface area contributed by atoms with Gasteiger partial charge in [0.2, 0.25) is 5.91 Å². The van der Waals surface area contributed by atoms with E-state index in [1.165, 1.54) is 24.2 Å². The van der Waals surface area contributed by atoms with Gasteiger partial charge in [-0.15, -0.1) is 5.10 Å². The lowest BCUT2D eigenvalue weighted by Crippen LogP contribution is -2.33. The fourth-order valence-electron chi connectivity index (χ4n) is 5.19. The van der Waals surface area contributed by atoms with Crippen molar-refractivity contribution in [2.45, 2.75) is 12.5 Å². The number of likely N-dealkylation sites (N-methyl/N-ethyl adjacent to an activating group) is 1. The van der Waals surface area contributed by atoms with E-state index in [0.29, 0.717) is 52.3 Å². The topological polar surface area (TPSA) is 185 Å². The van der Waals surface area contributed by atoms with E-state index in [1.54, 1.807) is 60.8 Å². The average Bonchev–Trinajstić information content (AvgIpc) is 3.80.